The average molecular weight is 323 g/mol. The molecule has 1 atom stereocenters. The lowest BCUT2D eigenvalue weighted by Gasteiger charge is -2.15. The molecule has 0 amide bonds. The van der Waals surface area contributed by atoms with Crippen LogP contribution in [-0.4, -0.2) is 24.5 Å². The van der Waals surface area contributed by atoms with Crippen LogP contribution in [0.25, 0.3) is 0 Å². The van der Waals surface area contributed by atoms with Gasteiger partial charge in [0.15, 0.2) is 5.96 Å². The van der Waals surface area contributed by atoms with Gasteiger partial charge in [-0.25, -0.2) is 4.98 Å². The summed E-state index contributed by atoms with van der Waals surface area (Å²) in [5.41, 5.74) is 0. The fourth-order valence-corrected chi connectivity index (χ4v) is 3.57. The van der Waals surface area contributed by atoms with Crippen LogP contribution in [0.1, 0.15) is 21.7 Å². The molecule has 21 heavy (non-hydrogen) atoms. The predicted molar refractivity (Wildman–Crippen MR) is 92.2 cm³/mol. The first kappa shape index (κ1) is 16.0. The Bertz CT molecular complexity index is 560. The summed E-state index contributed by atoms with van der Waals surface area (Å²) < 4.78 is 0. The zero-order valence-electron chi connectivity index (χ0n) is 12.7. The van der Waals surface area contributed by atoms with Crippen molar-refractivity contribution in [2.75, 3.05) is 13.6 Å². The molecule has 2 aromatic heterocycles. The third kappa shape index (κ3) is 5.47. The fourth-order valence-electron chi connectivity index (χ4n) is 1.98. The van der Waals surface area contributed by atoms with Gasteiger partial charge < -0.3 is 10.6 Å². The zero-order valence-corrected chi connectivity index (χ0v) is 14.4. The molecule has 4 nitrogen and oxygen atoms in total. The van der Waals surface area contributed by atoms with Crippen LogP contribution in [0.3, 0.4) is 0 Å². The Morgan fingerprint density at radius 1 is 1.43 bits per heavy atom. The van der Waals surface area contributed by atoms with Gasteiger partial charge in [-0.2, -0.15) is 0 Å². The minimum absolute atomic E-state index is 0.573. The molecule has 114 valence electrons. The lowest BCUT2D eigenvalue weighted by atomic mass is 10.1. The Morgan fingerprint density at radius 3 is 2.90 bits per heavy atom. The van der Waals surface area contributed by atoms with Crippen LogP contribution < -0.4 is 10.6 Å². The lowest BCUT2D eigenvalue weighted by Crippen LogP contribution is -2.39. The molecule has 0 saturated heterocycles. The van der Waals surface area contributed by atoms with Gasteiger partial charge in [-0.3, -0.25) is 4.99 Å². The van der Waals surface area contributed by atoms with E-state index in [2.05, 4.69) is 52.0 Å². The van der Waals surface area contributed by atoms with Crippen molar-refractivity contribution in [2.45, 2.75) is 26.8 Å². The topological polar surface area (TPSA) is 49.3 Å². The van der Waals surface area contributed by atoms with Gasteiger partial charge in [0.25, 0.3) is 0 Å². The number of nitrogens with one attached hydrogen (secondary N) is 2. The van der Waals surface area contributed by atoms with Gasteiger partial charge in [-0.05, 0) is 30.7 Å². The van der Waals surface area contributed by atoms with Gasteiger partial charge in [0.2, 0.25) is 0 Å². The minimum atomic E-state index is 0.573. The fraction of sp³-hybridized carbons (Fsp3) is 0.467. The summed E-state index contributed by atoms with van der Waals surface area (Å²) in [6.45, 7) is 5.95. The molecule has 1 unspecified atom stereocenters. The van der Waals surface area contributed by atoms with Gasteiger partial charge in [0.1, 0.15) is 5.01 Å². The predicted octanol–water partition coefficient (Wildman–Crippen LogP) is 3.06. The van der Waals surface area contributed by atoms with Crippen molar-refractivity contribution in [2.24, 2.45) is 10.9 Å². The molecular formula is C15H22N4S2. The van der Waals surface area contributed by atoms with Crippen LogP contribution in [-0.2, 0) is 13.0 Å². The molecule has 0 fully saturated rings. The van der Waals surface area contributed by atoms with E-state index in [1.807, 2.05) is 17.5 Å². The first-order valence-corrected chi connectivity index (χ1v) is 8.75. The van der Waals surface area contributed by atoms with E-state index in [-0.39, 0.29) is 0 Å². The highest BCUT2D eigenvalue weighted by molar-refractivity contribution is 7.11. The highest BCUT2D eigenvalue weighted by Gasteiger charge is 2.06. The molecule has 0 saturated carbocycles. The Labute approximate surface area is 134 Å². The molecule has 0 aliphatic heterocycles. The molecule has 2 rings (SSSR count). The number of aryl methyl sites for hydroxylation is 1. The summed E-state index contributed by atoms with van der Waals surface area (Å²) in [6.07, 6.45) is 3.01. The number of thiophene rings is 1. The first-order chi connectivity index (χ1) is 10.2. The molecule has 2 N–H and O–H groups in total. The van der Waals surface area contributed by atoms with E-state index in [9.17, 15) is 0 Å². The lowest BCUT2D eigenvalue weighted by molar-refractivity contribution is 0.562. The van der Waals surface area contributed by atoms with Crippen LogP contribution in [0.15, 0.2) is 28.7 Å². The number of aromatic nitrogens is 1. The van der Waals surface area contributed by atoms with Gasteiger partial charge in [-0.1, -0.05) is 13.0 Å². The van der Waals surface area contributed by atoms with Crippen molar-refractivity contribution < 1.29 is 0 Å². The van der Waals surface area contributed by atoms with Crippen molar-refractivity contribution in [1.82, 2.24) is 15.6 Å². The summed E-state index contributed by atoms with van der Waals surface area (Å²) >= 11 is 3.53. The number of hydrogen-bond donors (Lipinski definition) is 2. The summed E-state index contributed by atoms with van der Waals surface area (Å²) in [4.78, 5) is 11.3. The average Bonchev–Trinajstić information content (AvgIpc) is 3.11. The second-order valence-corrected chi connectivity index (χ2v) is 7.41. The van der Waals surface area contributed by atoms with E-state index < -0.39 is 0 Å². The van der Waals surface area contributed by atoms with Crippen molar-refractivity contribution in [3.8, 4) is 0 Å². The highest BCUT2D eigenvalue weighted by Crippen LogP contribution is 2.14. The van der Waals surface area contributed by atoms with Gasteiger partial charge in [-0.15, -0.1) is 22.7 Å². The quantitative estimate of drug-likeness (QED) is 0.635. The monoisotopic (exact) mass is 322 g/mol. The van der Waals surface area contributed by atoms with Crippen molar-refractivity contribution in [3.63, 3.8) is 0 Å². The summed E-state index contributed by atoms with van der Waals surface area (Å²) in [7, 11) is 1.80. The van der Waals surface area contributed by atoms with E-state index in [4.69, 9.17) is 0 Å². The standard InChI is InChI=1S/C15H22N4S2/c1-11(7-13-5-4-6-20-13)8-18-15(16-3)19-10-14-17-9-12(2)21-14/h4-6,9,11H,7-8,10H2,1-3H3,(H2,16,18,19). The second-order valence-electron chi connectivity index (χ2n) is 5.06. The van der Waals surface area contributed by atoms with Gasteiger partial charge >= 0.3 is 0 Å². The third-order valence-corrected chi connectivity index (χ3v) is 4.86. The summed E-state index contributed by atoms with van der Waals surface area (Å²) in [5.74, 6) is 1.41. The number of aliphatic imine (C=N–C) groups is 1. The Balaban J connectivity index is 1.72. The number of guanidine groups is 1. The number of nitrogens with zero attached hydrogens (tertiary/aromatic N) is 2. The SMILES string of the molecule is CN=C(NCc1ncc(C)s1)NCC(C)Cc1cccs1. The molecular weight excluding hydrogens is 300 g/mol. The van der Waals surface area contributed by atoms with E-state index >= 15 is 0 Å². The molecule has 0 spiro atoms. The number of hydrogen-bond acceptors (Lipinski definition) is 4. The maximum absolute atomic E-state index is 4.34. The molecule has 0 radical (unpaired) electrons. The zero-order chi connectivity index (χ0) is 15.1. The van der Waals surface area contributed by atoms with E-state index in [1.54, 1.807) is 18.4 Å². The highest BCUT2D eigenvalue weighted by atomic mass is 32.1. The van der Waals surface area contributed by atoms with Crippen LogP contribution in [0, 0.1) is 12.8 Å². The Kier molecular flexibility index (Phi) is 6.20. The molecule has 2 heterocycles. The third-order valence-electron chi connectivity index (χ3n) is 3.05. The van der Waals surface area contributed by atoms with E-state index in [1.165, 1.54) is 9.75 Å². The smallest absolute Gasteiger partial charge is 0.191 e. The Hall–Kier alpha value is -1.40. The van der Waals surface area contributed by atoms with Crippen LogP contribution in [0.4, 0.5) is 0 Å². The molecule has 0 aliphatic rings. The van der Waals surface area contributed by atoms with Gasteiger partial charge in [0.05, 0.1) is 6.54 Å². The molecule has 0 aliphatic carbocycles. The number of thiazole rings is 1. The first-order valence-electron chi connectivity index (χ1n) is 7.05. The number of rotatable bonds is 6. The van der Waals surface area contributed by atoms with Crippen molar-refractivity contribution >= 4 is 28.6 Å². The normalized spacial score (nSPS) is 13.2. The molecule has 0 bridgehead atoms. The molecule has 2 aromatic rings. The van der Waals surface area contributed by atoms with Crippen molar-refractivity contribution in [3.05, 3.63) is 38.5 Å². The van der Waals surface area contributed by atoms with E-state index in [0.29, 0.717) is 5.92 Å². The van der Waals surface area contributed by atoms with Crippen LogP contribution in [0.2, 0.25) is 0 Å². The second kappa shape index (κ2) is 8.14. The Morgan fingerprint density at radius 2 is 2.29 bits per heavy atom. The summed E-state index contributed by atoms with van der Waals surface area (Å²) in [6, 6.07) is 4.30. The summed E-state index contributed by atoms with van der Waals surface area (Å²) in [5, 5.41) is 9.90. The minimum Gasteiger partial charge on any atom is -0.356 e. The van der Waals surface area contributed by atoms with E-state index in [0.717, 1.165) is 30.5 Å². The maximum Gasteiger partial charge on any atom is 0.191 e. The van der Waals surface area contributed by atoms with Crippen LogP contribution >= 0.6 is 22.7 Å². The van der Waals surface area contributed by atoms with Crippen LogP contribution in [0.5, 0.6) is 0 Å². The van der Waals surface area contributed by atoms with Gasteiger partial charge in [0, 0.05) is 29.5 Å². The largest absolute Gasteiger partial charge is 0.356 e. The maximum atomic E-state index is 4.34. The van der Waals surface area contributed by atoms with Crippen molar-refractivity contribution in [1.29, 1.82) is 0 Å². The molecule has 0 aromatic carbocycles. The molecule has 6 heteroatoms.